The van der Waals surface area contributed by atoms with Crippen molar-refractivity contribution in [3.05, 3.63) is 64.9 Å². The minimum absolute atomic E-state index is 0.402. The molecule has 0 radical (unpaired) electrons. The first kappa shape index (κ1) is 15.5. The molecule has 0 spiro atoms. The van der Waals surface area contributed by atoms with Gasteiger partial charge >= 0.3 is 0 Å². The van der Waals surface area contributed by atoms with Gasteiger partial charge < -0.3 is 5.11 Å². The van der Waals surface area contributed by atoms with Gasteiger partial charge in [-0.25, -0.2) is 0 Å². The van der Waals surface area contributed by atoms with E-state index >= 15 is 0 Å². The van der Waals surface area contributed by atoms with Crippen LogP contribution in [-0.4, -0.2) is 27.6 Å². The Hall–Kier alpha value is -1.42. The molecule has 2 unspecified atom stereocenters. The largest absolute Gasteiger partial charge is 0.388 e. The fraction of sp³-hybridized carbons (Fsp3) is 0.389. The van der Waals surface area contributed by atoms with Crippen LogP contribution >= 0.6 is 11.6 Å². The van der Waals surface area contributed by atoms with Crippen LogP contribution in [0.25, 0.3) is 0 Å². The fourth-order valence-corrected chi connectivity index (χ4v) is 3.37. The van der Waals surface area contributed by atoms with Gasteiger partial charge in [0.05, 0.1) is 11.1 Å². The molecule has 22 heavy (non-hydrogen) atoms. The monoisotopic (exact) mass is 316 g/mol. The zero-order valence-electron chi connectivity index (χ0n) is 12.5. The molecule has 1 N–H and O–H groups in total. The summed E-state index contributed by atoms with van der Waals surface area (Å²) in [7, 11) is 0. The average molecular weight is 317 g/mol. The van der Waals surface area contributed by atoms with Crippen LogP contribution in [0.4, 0.5) is 0 Å². The molecule has 0 bridgehead atoms. The van der Waals surface area contributed by atoms with Crippen LogP contribution in [-0.2, 0) is 6.54 Å². The van der Waals surface area contributed by atoms with Crippen LogP contribution in [0, 0.1) is 0 Å². The van der Waals surface area contributed by atoms with Crippen molar-refractivity contribution in [2.24, 2.45) is 0 Å². The summed E-state index contributed by atoms with van der Waals surface area (Å²) >= 11 is 6.21. The topological polar surface area (TPSA) is 36.4 Å². The van der Waals surface area contributed by atoms with Crippen LogP contribution < -0.4 is 0 Å². The van der Waals surface area contributed by atoms with Gasteiger partial charge in [0.25, 0.3) is 0 Å². The van der Waals surface area contributed by atoms with Gasteiger partial charge in [-0.15, -0.1) is 0 Å². The van der Waals surface area contributed by atoms with Gasteiger partial charge in [-0.05, 0) is 43.0 Å². The Bertz CT molecular complexity index is 605. The van der Waals surface area contributed by atoms with Gasteiger partial charge in [0.1, 0.15) is 0 Å². The van der Waals surface area contributed by atoms with E-state index in [1.807, 2.05) is 36.4 Å². The number of nitrogens with zero attached hydrogens (tertiary/aromatic N) is 2. The maximum absolute atomic E-state index is 10.5. The van der Waals surface area contributed by atoms with Crippen molar-refractivity contribution >= 4 is 11.6 Å². The van der Waals surface area contributed by atoms with Gasteiger partial charge in [-0.3, -0.25) is 9.88 Å². The van der Waals surface area contributed by atoms with E-state index in [0.717, 1.165) is 42.1 Å². The number of benzene rings is 1. The number of likely N-dealkylation sites (tertiary alicyclic amines) is 1. The maximum atomic E-state index is 10.5. The summed E-state index contributed by atoms with van der Waals surface area (Å²) in [4.78, 5) is 6.46. The van der Waals surface area contributed by atoms with E-state index in [0.29, 0.717) is 6.04 Å². The van der Waals surface area contributed by atoms with E-state index in [9.17, 15) is 5.11 Å². The Morgan fingerprint density at radius 3 is 2.86 bits per heavy atom. The highest BCUT2D eigenvalue weighted by atomic mass is 35.5. The molecular formula is C18H21ClN2O. The van der Waals surface area contributed by atoms with Crippen molar-refractivity contribution in [2.75, 3.05) is 6.54 Å². The average Bonchev–Trinajstić information content (AvgIpc) is 2.97. The third-order valence-corrected chi connectivity index (χ3v) is 4.75. The summed E-state index contributed by atoms with van der Waals surface area (Å²) in [6.45, 7) is 1.89. The van der Waals surface area contributed by atoms with Crippen LogP contribution in [0.15, 0.2) is 48.8 Å². The third kappa shape index (κ3) is 3.67. The molecule has 1 aliphatic heterocycles. The number of rotatable bonds is 5. The van der Waals surface area contributed by atoms with E-state index in [4.69, 9.17) is 11.6 Å². The lowest BCUT2D eigenvalue weighted by Crippen LogP contribution is -2.30. The predicted molar refractivity (Wildman–Crippen MR) is 88.7 cm³/mol. The van der Waals surface area contributed by atoms with Crippen molar-refractivity contribution in [3.8, 4) is 0 Å². The zero-order valence-corrected chi connectivity index (χ0v) is 13.3. The molecule has 0 amide bonds. The SMILES string of the molecule is OC(CC1CCCN1Cc1ccncc1Cl)c1ccccc1. The highest BCUT2D eigenvalue weighted by Crippen LogP contribution is 2.29. The van der Waals surface area contributed by atoms with Crippen molar-refractivity contribution in [1.82, 2.24) is 9.88 Å². The molecule has 1 aromatic carbocycles. The van der Waals surface area contributed by atoms with Gasteiger partial charge in [-0.2, -0.15) is 0 Å². The Morgan fingerprint density at radius 1 is 1.27 bits per heavy atom. The molecule has 116 valence electrons. The lowest BCUT2D eigenvalue weighted by atomic mass is 10.0. The van der Waals surface area contributed by atoms with Crippen LogP contribution in [0.5, 0.6) is 0 Å². The second kappa shape index (κ2) is 7.23. The van der Waals surface area contributed by atoms with Crippen molar-refractivity contribution in [1.29, 1.82) is 0 Å². The first-order chi connectivity index (χ1) is 10.7. The lowest BCUT2D eigenvalue weighted by Gasteiger charge is -2.27. The van der Waals surface area contributed by atoms with E-state index in [-0.39, 0.29) is 0 Å². The minimum atomic E-state index is -0.403. The van der Waals surface area contributed by atoms with Crippen molar-refractivity contribution in [3.63, 3.8) is 0 Å². The summed E-state index contributed by atoms with van der Waals surface area (Å²) in [5, 5.41) is 11.2. The van der Waals surface area contributed by atoms with E-state index < -0.39 is 6.10 Å². The van der Waals surface area contributed by atoms with E-state index in [2.05, 4.69) is 9.88 Å². The van der Waals surface area contributed by atoms with Crippen molar-refractivity contribution < 1.29 is 5.11 Å². The summed E-state index contributed by atoms with van der Waals surface area (Å²) in [6.07, 6.45) is 6.15. The molecule has 3 rings (SSSR count). The number of halogens is 1. The van der Waals surface area contributed by atoms with Gasteiger partial charge in [-0.1, -0.05) is 41.9 Å². The summed E-state index contributed by atoms with van der Waals surface area (Å²) < 4.78 is 0. The molecule has 1 aliphatic rings. The van der Waals surface area contributed by atoms with Crippen LogP contribution in [0.2, 0.25) is 5.02 Å². The molecule has 1 saturated heterocycles. The fourth-order valence-electron chi connectivity index (χ4n) is 3.19. The molecule has 0 aliphatic carbocycles. The molecular weight excluding hydrogens is 296 g/mol. The Labute approximate surface area is 136 Å². The lowest BCUT2D eigenvalue weighted by molar-refractivity contribution is 0.118. The number of pyridine rings is 1. The second-order valence-corrected chi connectivity index (χ2v) is 6.30. The summed E-state index contributed by atoms with van der Waals surface area (Å²) in [5.74, 6) is 0. The van der Waals surface area contributed by atoms with Gasteiger partial charge in [0.15, 0.2) is 0 Å². The molecule has 0 saturated carbocycles. The summed E-state index contributed by atoms with van der Waals surface area (Å²) in [5.41, 5.74) is 2.11. The molecule has 2 heterocycles. The second-order valence-electron chi connectivity index (χ2n) is 5.90. The zero-order chi connectivity index (χ0) is 15.4. The Balaban J connectivity index is 1.65. The standard InChI is InChI=1S/C18H21ClN2O/c19-17-12-20-9-8-15(17)13-21-10-4-7-16(21)11-18(22)14-5-2-1-3-6-14/h1-3,5-6,8-9,12,16,18,22H,4,7,10-11,13H2. The molecule has 4 heteroatoms. The first-order valence-corrected chi connectivity index (χ1v) is 8.17. The smallest absolute Gasteiger partial charge is 0.0805 e. The maximum Gasteiger partial charge on any atom is 0.0805 e. The molecule has 1 fully saturated rings. The highest BCUT2D eigenvalue weighted by Gasteiger charge is 2.27. The number of aromatic nitrogens is 1. The predicted octanol–water partition coefficient (Wildman–Crippen LogP) is 3.82. The van der Waals surface area contributed by atoms with Crippen LogP contribution in [0.1, 0.15) is 36.5 Å². The number of hydrogen-bond acceptors (Lipinski definition) is 3. The highest BCUT2D eigenvalue weighted by molar-refractivity contribution is 6.31. The summed E-state index contributed by atoms with van der Waals surface area (Å²) in [6, 6.07) is 12.3. The molecule has 3 nitrogen and oxygen atoms in total. The molecule has 2 aromatic rings. The van der Waals surface area contributed by atoms with E-state index in [1.54, 1.807) is 12.4 Å². The Morgan fingerprint density at radius 2 is 2.09 bits per heavy atom. The normalized spacial score (nSPS) is 20.2. The van der Waals surface area contributed by atoms with Gasteiger partial charge in [0, 0.05) is 25.0 Å². The van der Waals surface area contributed by atoms with Crippen molar-refractivity contribution in [2.45, 2.75) is 38.0 Å². The number of aliphatic hydroxyl groups excluding tert-OH is 1. The minimum Gasteiger partial charge on any atom is -0.388 e. The van der Waals surface area contributed by atoms with E-state index in [1.165, 1.54) is 6.42 Å². The number of hydrogen-bond donors (Lipinski definition) is 1. The Kier molecular flexibility index (Phi) is 5.08. The molecule has 2 atom stereocenters. The first-order valence-electron chi connectivity index (χ1n) is 7.79. The van der Waals surface area contributed by atoms with Crippen LogP contribution in [0.3, 0.4) is 0 Å². The molecule has 1 aromatic heterocycles. The number of aliphatic hydroxyl groups is 1. The quantitative estimate of drug-likeness (QED) is 0.911. The van der Waals surface area contributed by atoms with Gasteiger partial charge in [0.2, 0.25) is 0 Å². The third-order valence-electron chi connectivity index (χ3n) is 4.41.